The summed E-state index contributed by atoms with van der Waals surface area (Å²) in [6, 6.07) is 10.7. The molecule has 1 unspecified atom stereocenters. The van der Waals surface area contributed by atoms with Gasteiger partial charge in [-0.25, -0.2) is 13.1 Å². The van der Waals surface area contributed by atoms with E-state index in [1.54, 1.807) is 23.5 Å². The van der Waals surface area contributed by atoms with Crippen molar-refractivity contribution in [3.8, 4) is 0 Å². The number of nitrogens with one attached hydrogen (secondary N) is 1. The Morgan fingerprint density at radius 2 is 1.87 bits per heavy atom. The number of hydrogen-bond donors (Lipinski definition) is 1. The topological polar surface area (TPSA) is 46.2 Å². The molecule has 0 aliphatic carbocycles. The minimum absolute atomic E-state index is 0.173. The maximum Gasteiger partial charge on any atom is 0.241 e. The van der Waals surface area contributed by atoms with E-state index in [9.17, 15) is 8.42 Å². The first-order valence-corrected chi connectivity index (χ1v) is 10.5. The van der Waals surface area contributed by atoms with Gasteiger partial charge >= 0.3 is 0 Å². The Bertz CT molecular complexity index is 695. The number of benzene rings is 1. The minimum Gasteiger partial charge on any atom is -0.207 e. The van der Waals surface area contributed by atoms with E-state index in [4.69, 9.17) is 11.6 Å². The largest absolute Gasteiger partial charge is 0.241 e. The molecule has 0 spiro atoms. The molecule has 1 aromatic carbocycles. The molecule has 0 aliphatic rings. The number of alkyl halides is 1. The quantitative estimate of drug-likeness (QED) is 0.689. The van der Waals surface area contributed by atoms with Crippen LogP contribution in [0.25, 0.3) is 0 Å². The third kappa shape index (κ3) is 5.05. The summed E-state index contributed by atoms with van der Waals surface area (Å²) in [5.41, 5.74) is 1.10. The molecule has 0 bridgehead atoms. The van der Waals surface area contributed by atoms with Crippen LogP contribution in [-0.2, 0) is 16.4 Å². The fourth-order valence-corrected chi connectivity index (χ4v) is 4.85. The van der Waals surface area contributed by atoms with E-state index >= 15 is 0 Å². The summed E-state index contributed by atoms with van der Waals surface area (Å²) in [4.78, 5) is 1.33. The van der Waals surface area contributed by atoms with Crippen molar-refractivity contribution in [1.82, 2.24) is 4.72 Å². The van der Waals surface area contributed by atoms with Crippen molar-refractivity contribution in [3.05, 3.63) is 52.2 Å². The van der Waals surface area contributed by atoms with Gasteiger partial charge in [-0.05, 0) is 47.9 Å². The molecule has 1 heterocycles. The van der Waals surface area contributed by atoms with Crippen LogP contribution < -0.4 is 4.72 Å². The molecule has 3 nitrogen and oxygen atoms in total. The number of rotatable bonds is 8. The van der Waals surface area contributed by atoms with Gasteiger partial charge in [0, 0.05) is 10.8 Å². The lowest BCUT2D eigenvalue weighted by Gasteiger charge is -2.21. The van der Waals surface area contributed by atoms with Gasteiger partial charge in [-0.3, -0.25) is 0 Å². The van der Waals surface area contributed by atoms with E-state index in [0.717, 1.165) is 23.3 Å². The Kier molecular flexibility index (Phi) is 6.65. The lowest BCUT2D eigenvalue weighted by Crippen LogP contribution is -2.31. The van der Waals surface area contributed by atoms with Crippen molar-refractivity contribution in [2.45, 2.75) is 37.6 Å². The summed E-state index contributed by atoms with van der Waals surface area (Å²) in [7, 11) is -3.54. The van der Waals surface area contributed by atoms with Crippen LogP contribution in [0.5, 0.6) is 0 Å². The van der Waals surface area contributed by atoms with Gasteiger partial charge in [0.2, 0.25) is 10.0 Å². The Labute approximate surface area is 147 Å². The molecule has 1 atom stereocenters. The Hall–Kier alpha value is -0.880. The number of halogens is 1. The Balaban J connectivity index is 2.17. The highest BCUT2D eigenvalue weighted by Crippen LogP contribution is 2.27. The van der Waals surface area contributed by atoms with Crippen LogP contribution >= 0.6 is 22.9 Å². The van der Waals surface area contributed by atoms with Gasteiger partial charge in [0.25, 0.3) is 0 Å². The average Bonchev–Trinajstić information content (AvgIpc) is 3.05. The van der Waals surface area contributed by atoms with Gasteiger partial charge < -0.3 is 0 Å². The highest BCUT2D eigenvalue weighted by molar-refractivity contribution is 7.89. The molecule has 0 amide bonds. The van der Waals surface area contributed by atoms with Crippen LogP contribution in [0.3, 0.4) is 0 Å². The molecule has 0 fully saturated rings. The van der Waals surface area contributed by atoms with Gasteiger partial charge in [0.1, 0.15) is 0 Å². The smallest absolute Gasteiger partial charge is 0.207 e. The summed E-state index contributed by atoms with van der Waals surface area (Å²) in [5, 5.41) is 1.96. The van der Waals surface area contributed by atoms with Crippen molar-refractivity contribution < 1.29 is 8.42 Å². The predicted molar refractivity (Wildman–Crippen MR) is 97.7 cm³/mol. The highest BCUT2D eigenvalue weighted by atomic mass is 35.5. The number of thiophene rings is 1. The summed E-state index contributed by atoms with van der Waals surface area (Å²) in [6.07, 6.45) is 1.75. The van der Waals surface area contributed by atoms with Gasteiger partial charge in [-0.2, -0.15) is 0 Å². The summed E-state index contributed by atoms with van der Waals surface area (Å²) < 4.78 is 28.1. The van der Waals surface area contributed by atoms with E-state index in [1.807, 2.05) is 43.5 Å². The van der Waals surface area contributed by atoms with Crippen molar-refractivity contribution in [3.63, 3.8) is 0 Å². The van der Waals surface area contributed by atoms with Crippen molar-refractivity contribution in [1.29, 1.82) is 0 Å². The second kappa shape index (κ2) is 8.29. The van der Waals surface area contributed by atoms with E-state index in [-0.39, 0.29) is 12.0 Å². The van der Waals surface area contributed by atoms with Crippen LogP contribution in [0.4, 0.5) is 0 Å². The molecule has 2 aromatic rings. The monoisotopic (exact) mass is 371 g/mol. The molecule has 6 heteroatoms. The first-order chi connectivity index (χ1) is 10.9. The lowest BCUT2D eigenvalue weighted by atomic mass is 10.0. The van der Waals surface area contributed by atoms with E-state index in [2.05, 4.69) is 4.72 Å². The zero-order chi connectivity index (χ0) is 16.9. The number of hydrogen-bond acceptors (Lipinski definition) is 3. The first-order valence-electron chi connectivity index (χ1n) is 7.64. The van der Waals surface area contributed by atoms with Crippen molar-refractivity contribution >= 4 is 33.0 Å². The molecule has 0 aliphatic heterocycles. The molecule has 0 saturated carbocycles. The Morgan fingerprint density at radius 1 is 1.17 bits per heavy atom. The fourth-order valence-electron chi connectivity index (χ4n) is 2.33. The summed E-state index contributed by atoms with van der Waals surface area (Å²) >= 11 is 7.25. The third-order valence-electron chi connectivity index (χ3n) is 3.63. The van der Waals surface area contributed by atoms with Gasteiger partial charge in [-0.1, -0.05) is 32.0 Å². The van der Waals surface area contributed by atoms with Crippen molar-refractivity contribution in [2.24, 2.45) is 5.92 Å². The van der Waals surface area contributed by atoms with Crippen LogP contribution in [0.15, 0.2) is 46.7 Å². The van der Waals surface area contributed by atoms with E-state index < -0.39 is 10.0 Å². The predicted octanol–water partition coefficient (Wildman–Crippen LogP) is 4.60. The third-order valence-corrected chi connectivity index (χ3v) is 6.31. The lowest BCUT2D eigenvalue weighted by molar-refractivity contribution is 0.469. The molecule has 2 rings (SSSR count). The normalized spacial score (nSPS) is 13.4. The minimum atomic E-state index is -3.54. The summed E-state index contributed by atoms with van der Waals surface area (Å²) in [6.45, 7) is 4.03. The second-order valence-corrected chi connectivity index (χ2v) is 8.87. The van der Waals surface area contributed by atoms with E-state index in [1.165, 1.54) is 0 Å². The zero-order valence-corrected chi connectivity index (χ0v) is 15.7. The average molecular weight is 372 g/mol. The molecular weight excluding hydrogens is 350 g/mol. The highest BCUT2D eigenvalue weighted by Gasteiger charge is 2.24. The van der Waals surface area contributed by atoms with Crippen LogP contribution in [-0.4, -0.2) is 14.3 Å². The maximum absolute atomic E-state index is 12.6. The van der Waals surface area contributed by atoms with Gasteiger partial charge in [-0.15, -0.1) is 22.9 Å². The fraction of sp³-hybridized carbons (Fsp3) is 0.412. The zero-order valence-electron chi connectivity index (χ0n) is 13.3. The standard InChI is InChI=1S/C17H22ClNO2S2/c1-13(2)17(16-6-4-12-22-16)19-23(20,21)15-9-7-14(8-10-15)5-3-11-18/h4,6-10,12-13,17,19H,3,5,11H2,1-2H3. The molecule has 126 valence electrons. The van der Waals surface area contributed by atoms with E-state index in [0.29, 0.717) is 10.8 Å². The molecule has 23 heavy (non-hydrogen) atoms. The molecule has 0 radical (unpaired) electrons. The van der Waals surface area contributed by atoms with Crippen LogP contribution in [0.1, 0.15) is 36.8 Å². The molecular formula is C17H22ClNO2S2. The number of aryl methyl sites for hydroxylation is 1. The van der Waals surface area contributed by atoms with Crippen molar-refractivity contribution in [2.75, 3.05) is 5.88 Å². The van der Waals surface area contributed by atoms with Gasteiger partial charge in [0.15, 0.2) is 0 Å². The molecule has 0 saturated heterocycles. The van der Waals surface area contributed by atoms with Crippen LogP contribution in [0.2, 0.25) is 0 Å². The van der Waals surface area contributed by atoms with Gasteiger partial charge in [0.05, 0.1) is 10.9 Å². The summed E-state index contributed by atoms with van der Waals surface area (Å²) in [5.74, 6) is 0.782. The maximum atomic E-state index is 12.6. The molecule has 1 aromatic heterocycles. The first kappa shape index (κ1) is 18.5. The molecule has 1 N–H and O–H groups in total. The van der Waals surface area contributed by atoms with Crippen LogP contribution in [0, 0.1) is 5.92 Å². The Morgan fingerprint density at radius 3 is 2.39 bits per heavy atom. The SMILES string of the molecule is CC(C)C(NS(=O)(=O)c1ccc(CCCCl)cc1)c1cccs1. The number of sulfonamides is 1. The second-order valence-electron chi connectivity index (χ2n) is 5.79.